The molecule has 42 nitrogen and oxygen atoms in total. The highest BCUT2D eigenvalue weighted by molar-refractivity contribution is 8.76. The fourth-order valence-corrected chi connectivity index (χ4v) is 14.2. The van der Waals surface area contributed by atoms with Crippen molar-refractivity contribution >= 4 is 116 Å². The SMILES string of the molecule is C=C(N)C[C@@H]1NC(=O)[C@H](CCC(N)=O)NC(=O)[C@H](Cc2ccccc2)NC(=O)[C@@H](Cc2ccc(O)cc2)NC(=O)[C@@H](NC(=O)CNC(=O)CNC(=O)CNC(=O)[C@H](Cc2cnc[nH]2)NC(=O)[C@H](Cc2cnc[nH]2)NC(=O)[C@@H](N)Cc2cnc[nH]2)CSSC[C@@H](C(=O)N2CCC[C@H]2C(=O)N[C@@H](CCCCN)C(=O)NCC(N)=O)NC1=O. The summed E-state index contributed by atoms with van der Waals surface area (Å²) < 4.78 is 0. The molecule has 0 saturated carbocycles. The normalized spacial score (nSPS) is 19.4. The lowest BCUT2D eigenvalue weighted by Gasteiger charge is -2.31. The second-order valence-electron chi connectivity index (χ2n) is 27.0. The van der Waals surface area contributed by atoms with Crippen molar-refractivity contribution < 1.29 is 81.8 Å². The fourth-order valence-electron chi connectivity index (χ4n) is 11.9. The van der Waals surface area contributed by atoms with Crippen molar-refractivity contribution in [1.29, 1.82) is 0 Å². The van der Waals surface area contributed by atoms with Crippen LogP contribution in [0.2, 0.25) is 0 Å². The van der Waals surface area contributed by atoms with E-state index in [0.717, 1.165) is 21.6 Å². The lowest BCUT2D eigenvalue weighted by Crippen LogP contribution is -2.61. The van der Waals surface area contributed by atoms with E-state index in [0.29, 0.717) is 41.1 Å². The highest BCUT2D eigenvalue weighted by Crippen LogP contribution is 2.27. The largest absolute Gasteiger partial charge is 0.508 e. The zero-order chi connectivity index (χ0) is 83.5. The van der Waals surface area contributed by atoms with Crippen LogP contribution in [0.3, 0.4) is 0 Å². The Morgan fingerprint density at radius 3 is 1.65 bits per heavy atom. The van der Waals surface area contributed by atoms with E-state index in [1.807, 2.05) is 0 Å². The maximum Gasteiger partial charge on any atom is 0.246 e. The first-order valence-electron chi connectivity index (χ1n) is 36.6. The van der Waals surface area contributed by atoms with Gasteiger partial charge in [0, 0.05) is 104 Å². The van der Waals surface area contributed by atoms with E-state index in [1.54, 1.807) is 30.3 Å². The van der Waals surface area contributed by atoms with Crippen molar-refractivity contribution in [1.82, 2.24) is 104 Å². The summed E-state index contributed by atoms with van der Waals surface area (Å²) in [6, 6.07) is -2.37. The van der Waals surface area contributed by atoms with Gasteiger partial charge in [0.15, 0.2) is 0 Å². The Bertz CT molecular complexity index is 4180. The van der Waals surface area contributed by atoms with Crippen molar-refractivity contribution in [3.8, 4) is 5.75 Å². The number of aromatic amines is 3. The number of likely N-dealkylation sites (tertiary alicyclic amines) is 1. The maximum absolute atomic E-state index is 15.1. The number of unbranched alkanes of at least 4 members (excludes halogenated alkanes) is 1. The van der Waals surface area contributed by atoms with Crippen LogP contribution >= 0.6 is 21.6 Å². The predicted molar refractivity (Wildman–Crippen MR) is 414 cm³/mol. The number of carbonyl (C=O) groups is 16. The molecule has 2 fully saturated rings. The minimum Gasteiger partial charge on any atom is -0.508 e. The first-order chi connectivity index (χ1) is 55.0. The van der Waals surface area contributed by atoms with Crippen molar-refractivity contribution in [2.24, 2.45) is 28.7 Å². The molecule has 16 amide bonds. The summed E-state index contributed by atoms with van der Waals surface area (Å²) in [6.45, 7) is 0.953. The van der Waals surface area contributed by atoms with Gasteiger partial charge in [-0.2, -0.15) is 0 Å². The van der Waals surface area contributed by atoms with Gasteiger partial charge in [0.25, 0.3) is 0 Å². The standard InChI is InChI=1S/C71H97N25O17S2/c1-38(73)20-48-65(107)95-54(71(113)96-19-7-11-55(96)70(112)89-46(10-5-6-18-72)62(104)82-29-57(76)99)34-115-114-33-53(69(111)93-50(22-40-12-14-44(97)15-13-40)67(109)92-49(21-39-8-3-2-4-9-39)66(108)88-47(64(106)91-48)16-17-56(75)98)87-60(102)32-81-58(100)30-80-59(101)31-83-63(105)51(24-42-27-78-36-85-42)94-68(110)52(25-43-28-79-37-86-43)90-61(103)45(74)23-41-26-77-35-84-41/h2-4,8-9,12-15,26-28,35-37,45-55,97H,1,5-7,10-11,16-25,29-34,72-74H2,(H2,75,98)(H2,76,99)(H,77,84)(H,78,85)(H,79,86)(H,80,101)(H,81,100)(H,82,104)(H,83,105)(H,87,102)(H,88,108)(H,89,112)(H,90,103)(H,91,106)(H,92,109)(H,93,111)(H,94,110)(H,95,107)/t45-,46-,47-,48-,49-,50+,51-,52-,53-,54-,55-/m0/s1. The number of primary amides is 2. The number of nitrogens with two attached hydrogens (primary N) is 5. The molecule has 5 heterocycles. The highest BCUT2D eigenvalue weighted by Gasteiger charge is 2.41. The molecule has 11 atom stereocenters. The monoisotopic (exact) mass is 1640 g/mol. The van der Waals surface area contributed by atoms with Gasteiger partial charge in [-0.3, -0.25) is 76.7 Å². The number of amides is 16. The van der Waals surface area contributed by atoms with Gasteiger partial charge in [0.2, 0.25) is 94.5 Å². The van der Waals surface area contributed by atoms with Gasteiger partial charge in [-0.15, -0.1) is 0 Å². The van der Waals surface area contributed by atoms with Gasteiger partial charge < -0.3 is 123 Å². The molecular formula is C71H97N25O17S2. The third kappa shape index (κ3) is 30.5. The van der Waals surface area contributed by atoms with Crippen LogP contribution in [0, 0.1) is 0 Å². The number of aromatic nitrogens is 6. The van der Waals surface area contributed by atoms with E-state index >= 15 is 4.79 Å². The third-order valence-corrected chi connectivity index (χ3v) is 20.3. The Morgan fingerprint density at radius 1 is 0.557 bits per heavy atom. The number of carbonyl (C=O) groups excluding carboxylic acids is 16. The van der Waals surface area contributed by atoms with Crippen molar-refractivity contribution in [2.45, 2.75) is 150 Å². The third-order valence-electron chi connectivity index (χ3n) is 17.9. The summed E-state index contributed by atoms with van der Waals surface area (Å²) in [4.78, 5) is 244. The van der Waals surface area contributed by atoms with Crippen molar-refractivity contribution in [3.05, 3.63) is 133 Å². The maximum atomic E-state index is 15.1. The smallest absolute Gasteiger partial charge is 0.246 e. The summed E-state index contributed by atoms with van der Waals surface area (Å²) in [5.41, 5.74) is 30.9. The second-order valence-corrected chi connectivity index (χ2v) is 29.5. The lowest BCUT2D eigenvalue weighted by atomic mass is 10.0. The van der Waals surface area contributed by atoms with Gasteiger partial charge >= 0.3 is 0 Å². The quantitative estimate of drug-likeness (QED) is 0.0130. The number of nitrogens with zero attached hydrogens (tertiary/aromatic N) is 4. The minimum absolute atomic E-state index is 0.0450. The zero-order valence-electron chi connectivity index (χ0n) is 62.5. The summed E-state index contributed by atoms with van der Waals surface area (Å²) in [5.74, 6) is -15.6. The molecule has 2 saturated heterocycles. The molecule has 620 valence electrons. The van der Waals surface area contributed by atoms with Crippen LogP contribution < -0.4 is 97.8 Å². The van der Waals surface area contributed by atoms with E-state index in [4.69, 9.17) is 28.7 Å². The van der Waals surface area contributed by atoms with Crippen LogP contribution in [0.15, 0.2) is 104 Å². The Balaban J connectivity index is 1.12. The lowest BCUT2D eigenvalue weighted by molar-refractivity contribution is -0.142. The zero-order valence-corrected chi connectivity index (χ0v) is 64.2. The van der Waals surface area contributed by atoms with Crippen LogP contribution in [0.1, 0.15) is 79.6 Å². The number of nitrogens with one attached hydrogen (secondary N) is 16. The summed E-state index contributed by atoms with van der Waals surface area (Å²) in [7, 11) is 1.72. The average Bonchev–Trinajstić information content (AvgIpc) is 1.65. The van der Waals surface area contributed by atoms with Crippen LogP contribution in [0.25, 0.3) is 0 Å². The predicted octanol–water partition coefficient (Wildman–Crippen LogP) is -7.64. The molecule has 0 bridgehead atoms. The van der Waals surface area contributed by atoms with Gasteiger partial charge in [-0.1, -0.05) is 70.6 Å². The van der Waals surface area contributed by atoms with Crippen LogP contribution in [-0.4, -0.2) is 252 Å². The van der Waals surface area contributed by atoms with E-state index in [-0.39, 0.29) is 75.9 Å². The van der Waals surface area contributed by atoms with Crippen molar-refractivity contribution in [2.75, 3.05) is 50.8 Å². The summed E-state index contributed by atoms with van der Waals surface area (Å²) >= 11 is 0. The van der Waals surface area contributed by atoms with Crippen molar-refractivity contribution in [3.63, 3.8) is 0 Å². The van der Waals surface area contributed by atoms with Gasteiger partial charge in [-0.05, 0) is 68.3 Å². The Hall–Kier alpha value is -12.4. The molecule has 115 heavy (non-hydrogen) atoms. The number of imidazole rings is 3. The number of phenolic OH excluding ortho intramolecular Hbond substituents is 1. The minimum atomic E-state index is -1.68. The number of hydrogen-bond donors (Lipinski definition) is 22. The molecule has 0 spiro atoms. The van der Waals surface area contributed by atoms with E-state index in [9.17, 15) is 77.0 Å². The molecule has 5 aromatic rings. The summed E-state index contributed by atoms with van der Waals surface area (Å²) in [6.07, 6.45) is 7.33. The number of phenols is 1. The van der Waals surface area contributed by atoms with Crippen LogP contribution in [0.4, 0.5) is 0 Å². The molecule has 44 heteroatoms. The number of rotatable bonds is 37. The molecule has 27 N–H and O–H groups in total. The Kier molecular flexibility index (Phi) is 35.8. The molecule has 7 rings (SSSR count). The van der Waals surface area contributed by atoms with E-state index in [1.165, 1.54) is 66.7 Å². The molecule has 2 aromatic carbocycles. The molecular weight excluding hydrogens is 1540 g/mol. The fraction of sp³-hybridized carbons (Fsp3) is 0.451. The number of H-pyrrole nitrogens is 3. The highest BCUT2D eigenvalue weighted by atomic mass is 33.1. The summed E-state index contributed by atoms with van der Waals surface area (Å²) in [5, 5.41) is 43.1. The molecule has 2 aliphatic rings. The van der Waals surface area contributed by atoms with Crippen LogP contribution in [0.5, 0.6) is 5.75 Å². The van der Waals surface area contributed by atoms with E-state index in [2.05, 4.69) is 106 Å². The second kappa shape index (κ2) is 45.9. The van der Waals surface area contributed by atoms with Crippen LogP contribution in [-0.2, 0) is 109 Å². The molecule has 2 aliphatic heterocycles. The Labute approximate surface area is 666 Å². The molecule has 0 aliphatic carbocycles. The van der Waals surface area contributed by atoms with Gasteiger partial charge in [0.05, 0.1) is 51.2 Å². The Morgan fingerprint density at radius 2 is 1.07 bits per heavy atom. The molecule has 3 aromatic heterocycles. The average molecular weight is 1640 g/mol. The first kappa shape index (κ1) is 89.8. The topological polar surface area (TPSA) is 669 Å². The molecule has 0 radical (unpaired) electrons. The van der Waals surface area contributed by atoms with E-state index < -0.39 is 218 Å². The van der Waals surface area contributed by atoms with Gasteiger partial charge in [0.1, 0.15) is 66.2 Å². The number of aromatic hydroxyl groups is 1. The number of benzene rings is 2. The number of hydrogen-bond acceptors (Lipinski definition) is 25. The molecule has 0 unspecified atom stereocenters. The first-order valence-corrected chi connectivity index (χ1v) is 39.1. The van der Waals surface area contributed by atoms with Gasteiger partial charge in [-0.25, -0.2) is 15.0 Å².